The normalized spacial score (nSPS) is 18.2. The third kappa shape index (κ3) is 5.41. The van der Waals surface area contributed by atoms with Gasteiger partial charge in [-0.05, 0) is 74.5 Å². The third-order valence-electron chi connectivity index (χ3n) is 6.84. The van der Waals surface area contributed by atoms with Crippen molar-refractivity contribution < 1.29 is 28.2 Å². The van der Waals surface area contributed by atoms with E-state index >= 15 is 0 Å². The highest BCUT2D eigenvalue weighted by atomic mass is 19.1. The van der Waals surface area contributed by atoms with Gasteiger partial charge in [0.1, 0.15) is 18.2 Å². The number of aryl methyl sites for hydroxylation is 1. The SMILES string of the molecule is OCc1c(OCc2ccc(F)cc2)ccc2c(CCC3CCN(CC4OCCO4)CC3)noc12. The van der Waals surface area contributed by atoms with E-state index in [1.54, 1.807) is 12.1 Å². The summed E-state index contributed by atoms with van der Waals surface area (Å²) in [5.74, 6) is 0.919. The van der Waals surface area contributed by atoms with Crippen LogP contribution < -0.4 is 4.74 Å². The number of rotatable bonds is 9. The number of aliphatic hydroxyl groups is 1. The summed E-state index contributed by atoms with van der Waals surface area (Å²) in [6.07, 6.45) is 4.15. The molecule has 2 aliphatic rings. The molecule has 3 heterocycles. The van der Waals surface area contributed by atoms with E-state index in [1.165, 1.54) is 12.1 Å². The Labute approximate surface area is 198 Å². The highest BCUT2D eigenvalue weighted by molar-refractivity contribution is 5.84. The number of fused-ring (bicyclic) bond motifs is 1. The van der Waals surface area contributed by atoms with Gasteiger partial charge >= 0.3 is 0 Å². The van der Waals surface area contributed by atoms with Crippen molar-refractivity contribution >= 4 is 11.0 Å². The second kappa shape index (κ2) is 10.8. The average Bonchev–Trinajstić information content (AvgIpc) is 3.53. The molecule has 0 saturated carbocycles. The number of hydrogen-bond donors (Lipinski definition) is 1. The Morgan fingerprint density at radius 1 is 1.06 bits per heavy atom. The summed E-state index contributed by atoms with van der Waals surface area (Å²) in [6.45, 7) is 4.46. The molecule has 2 saturated heterocycles. The van der Waals surface area contributed by atoms with Crippen molar-refractivity contribution in [1.29, 1.82) is 0 Å². The lowest BCUT2D eigenvalue weighted by Crippen LogP contribution is -2.39. The van der Waals surface area contributed by atoms with Gasteiger partial charge in [0.2, 0.25) is 0 Å². The average molecular weight is 471 g/mol. The quantitative estimate of drug-likeness (QED) is 0.505. The van der Waals surface area contributed by atoms with Gasteiger partial charge in [0.25, 0.3) is 0 Å². The Kier molecular flexibility index (Phi) is 7.39. The number of halogens is 1. The van der Waals surface area contributed by atoms with Gasteiger partial charge in [-0.2, -0.15) is 0 Å². The molecule has 0 unspecified atom stereocenters. The van der Waals surface area contributed by atoms with Gasteiger partial charge in [0, 0.05) is 11.9 Å². The van der Waals surface area contributed by atoms with Crippen molar-refractivity contribution in [3.63, 3.8) is 0 Å². The van der Waals surface area contributed by atoms with Crippen LogP contribution in [-0.4, -0.2) is 54.3 Å². The van der Waals surface area contributed by atoms with E-state index in [0.717, 1.165) is 62.0 Å². The summed E-state index contributed by atoms with van der Waals surface area (Å²) in [6, 6.07) is 9.97. The molecule has 0 bridgehead atoms. The summed E-state index contributed by atoms with van der Waals surface area (Å²) in [4.78, 5) is 2.43. The van der Waals surface area contributed by atoms with Gasteiger partial charge < -0.3 is 23.8 Å². The highest BCUT2D eigenvalue weighted by Crippen LogP contribution is 2.32. The summed E-state index contributed by atoms with van der Waals surface area (Å²) < 4.78 is 35.8. The largest absolute Gasteiger partial charge is 0.488 e. The first-order valence-corrected chi connectivity index (χ1v) is 12.0. The van der Waals surface area contributed by atoms with Crippen LogP contribution in [0.1, 0.15) is 36.1 Å². The van der Waals surface area contributed by atoms with E-state index in [1.807, 2.05) is 12.1 Å². The molecule has 2 aliphatic heterocycles. The highest BCUT2D eigenvalue weighted by Gasteiger charge is 2.25. The standard InChI is InChI=1S/C26H31FN2O5/c27-20-4-1-19(2-5-20)17-33-24-8-6-21-23(28-34-26(21)22(24)16-30)7-3-18-9-11-29(12-10-18)15-25-31-13-14-32-25/h1-2,4-6,8,18,25,30H,3,7,9-17H2. The number of piperidine rings is 1. The monoisotopic (exact) mass is 470 g/mol. The van der Waals surface area contributed by atoms with Gasteiger partial charge in [-0.25, -0.2) is 4.39 Å². The van der Waals surface area contributed by atoms with Crippen LogP contribution in [0, 0.1) is 11.7 Å². The predicted octanol–water partition coefficient (Wildman–Crippen LogP) is 4.06. The minimum atomic E-state index is -0.283. The minimum Gasteiger partial charge on any atom is -0.488 e. The molecule has 8 heteroatoms. The molecule has 0 radical (unpaired) electrons. The molecule has 34 heavy (non-hydrogen) atoms. The number of likely N-dealkylation sites (tertiary alicyclic amines) is 1. The maximum absolute atomic E-state index is 13.1. The van der Waals surface area contributed by atoms with Crippen molar-refractivity contribution in [1.82, 2.24) is 10.1 Å². The van der Waals surface area contributed by atoms with E-state index in [0.29, 0.717) is 36.0 Å². The van der Waals surface area contributed by atoms with E-state index in [2.05, 4.69) is 10.1 Å². The van der Waals surface area contributed by atoms with Gasteiger partial charge in [-0.15, -0.1) is 0 Å². The van der Waals surface area contributed by atoms with E-state index in [-0.39, 0.29) is 25.3 Å². The Hall–Kier alpha value is -2.52. The lowest BCUT2D eigenvalue weighted by Gasteiger charge is -2.32. The summed E-state index contributed by atoms with van der Waals surface area (Å²) >= 11 is 0. The molecule has 0 spiro atoms. The molecule has 0 amide bonds. The number of aliphatic hydroxyl groups excluding tert-OH is 1. The molecule has 7 nitrogen and oxygen atoms in total. The molecule has 2 fully saturated rings. The van der Waals surface area contributed by atoms with E-state index < -0.39 is 0 Å². The summed E-state index contributed by atoms with van der Waals surface area (Å²) in [5.41, 5.74) is 2.92. The van der Waals surface area contributed by atoms with Crippen LogP contribution in [0.2, 0.25) is 0 Å². The number of nitrogens with zero attached hydrogens (tertiary/aromatic N) is 2. The first-order valence-electron chi connectivity index (χ1n) is 12.0. The minimum absolute atomic E-state index is 0.0664. The topological polar surface area (TPSA) is 77.2 Å². The number of aromatic nitrogens is 1. The van der Waals surface area contributed by atoms with Crippen LogP contribution >= 0.6 is 0 Å². The van der Waals surface area contributed by atoms with E-state index in [4.69, 9.17) is 18.7 Å². The number of benzene rings is 2. The van der Waals surface area contributed by atoms with Crippen molar-refractivity contribution in [2.24, 2.45) is 5.92 Å². The molecule has 0 atom stereocenters. The maximum atomic E-state index is 13.1. The number of ether oxygens (including phenoxy) is 3. The van der Waals surface area contributed by atoms with Crippen LogP contribution in [0.15, 0.2) is 40.9 Å². The molecule has 3 aromatic rings. The Balaban J connectivity index is 1.17. The molecular weight excluding hydrogens is 439 g/mol. The second-order valence-electron chi connectivity index (χ2n) is 9.08. The second-order valence-corrected chi connectivity index (χ2v) is 9.08. The zero-order valence-electron chi connectivity index (χ0n) is 19.2. The molecule has 2 aromatic carbocycles. The fourth-order valence-corrected chi connectivity index (χ4v) is 4.82. The van der Waals surface area contributed by atoms with Crippen LogP contribution in [0.4, 0.5) is 4.39 Å². The van der Waals surface area contributed by atoms with Crippen LogP contribution in [0.5, 0.6) is 5.75 Å². The zero-order chi connectivity index (χ0) is 23.3. The van der Waals surface area contributed by atoms with Crippen molar-refractivity contribution in [3.05, 3.63) is 59.0 Å². The lowest BCUT2D eigenvalue weighted by molar-refractivity contribution is -0.0661. The van der Waals surface area contributed by atoms with Crippen molar-refractivity contribution in [2.45, 2.75) is 45.2 Å². The fourth-order valence-electron chi connectivity index (χ4n) is 4.82. The van der Waals surface area contributed by atoms with Crippen LogP contribution in [-0.2, 0) is 29.1 Å². The summed E-state index contributed by atoms with van der Waals surface area (Å²) in [7, 11) is 0. The number of hydrogen-bond acceptors (Lipinski definition) is 7. The lowest BCUT2D eigenvalue weighted by atomic mass is 9.91. The summed E-state index contributed by atoms with van der Waals surface area (Å²) in [5, 5.41) is 15.2. The smallest absolute Gasteiger partial charge is 0.176 e. The first-order chi connectivity index (χ1) is 16.7. The first kappa shape index (κ1) is 23.2. The Morgan fingerprint density at radius 3 is 2.56 bits per heavy atom. The molecule has 0 aliphatic carbocycles. The fraction of sp³-hybridized carbons (Fsp3) is 0.500. The third-order valence-corrected chi connectivity index (χ3v) is 6.84. The molecule has 1 N–H and O–H groups in total. The van der Waals surface area contributed by atoms with Crippen LogP contribution in [0.25, 0.3) is 11.0 Å². The predicted molar refractivity (Wildman–Crippen MR) is 124 cm³/mol. The Bertz CT molecular complexity index is 1070. The van der Waals surface area contributed by atoms with Crippen LogP contribution in [0.3, 0.4) is 0 Å². The molecule has 182 valence electrons. The van der Waals surface area contributed by atoms with Gasteiger partial charge in [-0.3, -0.25) is 4.90 Å². The van der Waals surface area contributed by atoms with Crippen molar-refractivity contribution in [3.8, 4) is 5.75 Å². The molecular formula is C26H31FN2O5. The molecule has 5 rings (SSSR count). The molecule has 1 aromatic heterocycles. The maximum Gasteiger partial charge on any atom is 0.176 e. The van der Waals surface area contributed by atoms with Crippen molar-refractivity contribution in [2.75, 3.05) is 32.8 Å². The van der Waals surface area contributed by atoms with Gasteiger partial charge in [0.15, 0.2) is 11.9 Å². The van der Waals surface area contributed by atoms with Gasteiger partial charge in [-0.1, -0.05) is 17.3 Å². The van der Waals surface area contributed by atoms with E-state index in [9.17, 15) is 9.50 Å². The van der Waals surface area contributed by atoms with Gasteiger partial charge in [0.05, 0.1) is 31.1 Å². The zero-order valence-corrected chi connectivity index (χ0v) is 19.2. The Morgan fingerprint density at radius 2 is 1.82 bits per heavy atom.